The van der Waals surface area contributed by atoms with Crippen molar-refractivity contribution in [1.82, 2.24) is 10.3 Å². The van der Waals surface area contributed by atoms with Gasteiger partial charge in [-0.3, -0.25) is 0 Å². The molecule has 0 spiro atoms. The lowest BCUT2D eigenvalue weighted by Gasteiger charge is -2.17. The Kier molecular flexibility index (Phi) is 4.54. The maximum atomic E-state index is 9.29. The summed E-state index contributed by atoms with van der Waals surface area (Å²) in [5.74, 6) is 0.612. The van der Waals surface area contributed by atoms with Crippen LogP contribution in [-0.2, 0) is 19.4 Å². The molecule has 17 heavy (non-hydrogen) atoms. The van der Waals surface area contributed by atoms with E-state index in [0.717, 1.165) is 19.4 Å². The molecule has 3 nitrogen and oxygen atoms in total. The van der Waals surface area contributed by atoms with Gasteiger partial charge in [0.05, 0.1) is 12.3 Å². The topological polar surface area (TPSA) is 45.1 Å². The maximum Gasteiger partial charge on any atom is 0.107 e. The van der Waals surface area contributed by atoms with Crippen molar-refractivity contribution in [2.24, 2.45) is 5.92 Å². The highest BCUT2D eigenvalue weighted by Crippen LogP contribution is 2.27. The standard InChI is InChI=1S/C13H22N2OS/c1-9(2)6-10(8-16)14-7-13-15-11-4-3-5-12(11)17-13/h9-10,14,16H,3-8H2,1-2H3. The van der Waals surface area contributed by atoms with E-state index in [1.165, 1.54) is 28.4 Å². The number of aliphatic hydroxyl groups excluding tert-OH is 1. The average Bonchev–Trinajstić information content (AvgIpc) is 2.83. The summed E-state index contributed by atoms with van der Waals surface area (Å²) in [5.41, 5.74) is 1.32. The summed E-state index contributed by atoms with van der Waals surface area (Å²) in [5, 5.41) is 13.9. The third kappa shape index (κ3) is 3.50. The molecule has 0 fully saturated rings. The van der Waals surface area contributed by atoms with E-state index >= 15 is 0 Å². The number of thiazole rings is 1. The summed E-state index contributed by atoms with van der Waals surface area (Å²) in [6, 6.07) is 0.203. The van der Waals surface area contributed by atoms with Crippen LogP contribution in [-0.4, -0.2) is 22.7 Å². The van der Waals surface area contributed by atoms with E-state index < -0.39 is 0 Å². The lowest BCUT2D eigenvalue weighted by atomic mass is 10.0. The van der Waals surface area contributed by atoms with Crippen LogP contribution < -0.4 is 5.32 Å². The number of nitrogens with one attached hydrogen (secondary N) is 1. The average molecular weight is 254 g/mol. The summed E-state index contributed by atoms with van der Waals surface area (Å²) in [4.78, 5) is 6.13. The molecule has 96 valence electrons. The van der Waals surface area contributed by atoms with E-state index in [9.17, 15) is 5.11 Å². The Morgan fingerprint density at radius 1 is 1.41 bits per heavy atom. The Balaban J connectivity index is 1.83. The fourth-order valence-electron chi connectivity index (χ4n) is 2.34. The molecular formula is C13H22N2OS. The highest BCUT2D eigenvalue weighted by atomic mass is 32.1. The van der Waals surface area contributed by atoms with Gasteiger partial charge in [-0.15, -0.1) is 11.3 Å². The van der Waals surface area contributed by atoms with Crippen molar-refractivity contribution in [3.05, 3.63) is 15.6 Å². The van der Waals surface area contributed by atoms with Crippen LogP contribution >= 0.6 is 11.3 Å². The van der Waals surface area contributed by atoms with Crippen molar-refractivity contribution >= 4 is 11.3 Å². The molecule has 0 aliphatic heterocycles. The van der Waals surface area contributed by atoms with E-state index in [-0.39, 0.29) is 12.6 Å². The maximum absolute atomic E-state index is 9.29. The van der Waals surface area contributed by atoms with Crippen LogP contribution in [0.4, 0.5) is 0 Å². The molecular weight excluding hydrogens is 232 g/mol. The first-order valence-electron chi connectivity index (χ1n) is 6.50. The number of rotatable bonds is 6. The molecule has 1 aliphatic rings. The van der Waals surface area contributed by atoms with E-state index in [4.69, 9.17) is 0 Å². The van der Waals surface area contributed by atoms with Gasteiger partial charge in [-0.2, -0.15) is 0 Å². The predicted molar refractivity (Wildman–Crippen MR) is 71.3 cm³/mol. The molecule has 1 aromatic heterocycles. The van der Waals surface area contributed by atoms with Gasteiger partial charge in [-0.1, -0.05) is 13.8 Å². The molecule has 2 N–H and O–H groups in total. The summed E-state index contributed by atoms with van der Waals surface area (Å²) >= 11 is 1.84. The van der Waals surface area contributed by atoms with Gasteiger partial charge in [0.1, 0.15) is 5.01 Å². The molecule has 1 aromatic rings. The third-order valence-electron chi connectivity index (χ3n) is 3.16. The summed E-state index contributed by atoms with van der Waals surface area (Å²) in [6.45, 7) is 5.38. The minimum atomic E-state index is 0.203. The second kappa shape index (κ2) is 5.94. The number of aromatic nitrogens is 1. The smallest absolute Gasteiger partial charge is 0.107 e. The normalized spacial score (nSPS) is 16.5. The van der Waals surface area contributed by atoms with Crippen molar-refractivity contribution in [2.45, 2.75) is 52.1 Å². The molecule has 1 unspecified atom stereocenters. The zero-order valence-electron chi connectivity index (χ0n) is 10.7. The number of nitrogens with zero attached hydrogens (tertiary/aromatic N) is 1. The minimum absolute atomic E-state index is 0.203. The number of aryl methyl sites for hydroxylation is 2. The van der Waals surface area contributed by atoms with Crippen molar-refractivity contribution < 1.29 is 5.11 Å². The van der Waals surface area contributed by atoms with Crippen LogP contribution in [0.25, 0.3) is 0 Å². The zero-order valence-corrected chi connectivity index (χ0v) is 11.5. The third-order valence-corrected chi connectivity index (χ3v) is 4.32. The Morgan fingerprint density at radius 3 is 2.88 bits per heavy atom. The molecule has 0 amide bonds. The molecule has 1 heterocycles. The van der Waals surface area contributed by atoms with E-state index in [0.29, 0.717) is 5.92 Å². The summed E-state index contributed by atoms with van der Waals surface area (Å²) in [6.07, 6.45) is 4.65. The van der Waals surface area contributed by atoms with Crippen LogP contribution in [0.3, 0.4) is 0 Å². The highest BCUT2D eigenvalue weighted by Gasteiger charge is 2.17. The second-order valence-corrected chi connectivity index (χ2v) is 6.39. The quantitative estimate of drug-likeness (QED) is 0.817. The van der Waals surface area contributed by atoms with Gasteiger partial charge in [-0.05, 0) is 31.6 Å². The van der Waals surface area contributed by atoms with Crippen LogP contribution in [0.5, 0.6) is 0 Å². The Hall–Kier alpha value is -0.450. The Morgan fingerprint density at radius 2 is 2.24 bits per heavy atom. The van der Waals surface area contributed by atoms with Gasteiger partial charge >= 0.3 is 0 Å². The zero-order chi connectivity index (χ0) is 12.3. The highest BCUT2D eigenvalue weighted by molar-refractivity contribution is 7.11. The first-order chi connectivity index (χ1) is 8.19. The molecule has 0 saturated carbocycles. The van der Waals surface area contributed by atoms with Gasteiger partial charge in [0.25, 0.3) is 0 Å². The minimum Gasteiger partial charge on any atom is -0.395 e. The van der Waals surface area contributed by atoms with Crippen molar-refractivity contribution in [1.29, 1.82) is 0 Å². The second-order valence-electron chi connectivity index (χ2n) is 5.22. The molecule has 1 atom stereocenters. The van der Waals surface area contributed by atoms with Crippen LogP contribution in [0.2, 0.25) is 0 Å². The van der Waals surface area contributed by atoms with Gasteiger partial charge < -0.3 is 10.4 Å². The van der Waals surface area contributed by atoms with Gasteiger partial charge in [0.15, 0.2) is 0 Å². The van der Waals surface area contributed by atoms with Crippen molar-refractivity contribution in [3.63, 3.8) is 0 Å². The number of hydrogen-bond acceptors (Lipinski definition) is 4. The number of fused-ring (bicyclic) bond motifs is 1. The molecule has 4 heteroatoms. The van der Waals surface area contributed by atoms with Crippen molar-refractivity contribution in [3.8, 4) is 0 Å². The fraction of sp³-hybridized carbons (Fsp3) is 0.769. The molecule has 2 rings (SSSR count). The van der Waals surface area contributed by atoms with Crippen LogP contribution in [0.1, 0.15) is 42.3 Å². The fourth-order valence-corrected chi connectivity index (χ4v) is 3.45. The first-order valence-corrected chi connectivity index (χ1v) is 7.32. The number of hydrogen-bond donors (Lipinski definition) is 2. The van der Waals surface area contributed by atoms with Gasteiger partial charge in [0, 0.05) is 17.5 Å². The first kappa shape index (κ1) is 13.0. The molecule has 0 aromatic carbocycles. The van der Waals surface area contributed by atoms with Gasteiger partial charge in [0.2, 0.25) is 0 Å². The number of aliphatic hydroxyl groups is 1. The molecule has 0 saturated heterocycles. The van der Waals surface area contributed by atoms with E-state index in [1.54, 1.807) is 0 Å². The van der Waals surface area contributed by atoms with E-state index in [2.05, 4.69) is 24.1 Å². The lowest BCUT2D eigenvalue weighted by molar-refractivity contribution is 0.223. The largest absolute Gasteiger partial charge is 0.395 e. The summed E-state index contributed by atoms with van der Waals surface area (Å²) in [7, 11) is 0. The SMILES string of the molecule is CC(C)CC(CO)NCc1nc2c(s1)CCC2. The monoisotopic (exact) mass is 254 g/mol. The summed E-state index contributed by atoms with van der Waals surface area (Å²) < 4.78 is 0. The van der Waals surface area contributed by atoms with Crippen molar-refractivity contribution in [2.75, 3.05) is 6.61 Å². The van der Waals surface area contributed by atoms with Crippen LogP contribution in [0.15, 0.2) is 0 Å². The van der Waals surface area contributed by atoms with Crippen LogP contribution in [0, 0.1) is 5.92 Å². The van der Waals surface area contributed by atoms with E-state index in [1.807, 2.05) is 11.3 Å². The van der Waals surface area contributed by atoms with Gasteiger partial charge in [-0.25, -0.2) is 4.98 Å². The molecule has 0 bridgehead atoms. The predicted octanol–water partition coefficient (Wildman–Crippen LogP) is 2.13. The Labute approximate surface area is 107 Å². The lowest BCUT2D eigenvalue weighted by Crippen LogP contribution is -2.33. The Bertz CT molecular complexity index is 341. The molecule has 1 aliphatic carbocycles. The molecule has 0 radical (unpaired) electrons.